The van der Waals surface area contributed by atoms with Gasteiger partial charge in [0.25, 0.3) is 0 Å². The summed E-state index contributed by atoms with van der Waals surface area (Å²) in [6.45, 7) is 8.12. The molecule has 1 unspecified atom stereocenters. The van der Waals surface area contributed by atoms with Gasteiger partial charge in [0.15, 0.2) is 0 Å². The molecule has 0 amide bonds. The monoisotopic (exact) mass is 267 g/mol. The van der Waals surface area contributed by atoms with E-state index in [9.17, 15) is 9.00 Å². The molecular weight excluding hydrogens is 246 g/mol. The van der Waals surface area contributed by atoms with E-state index in [4.69, 9.17) is 0 Å². The third-order valence-electron chi connectivity index (χ3n) is 3.04. The standard InChI is InChI=1S/C14H21NO2S/c1-11(2)18(17,10-16)15-9-13(4)14-7-5-12(3)6-8-14/h5-8,11,13H,9H2,1-4H3,(H,15,17)/t13-,18?/m0/s1. The number of hydrogen-bond donors (Lipinski definition) is 1. The van der Waals surface area contributed by atoms with Gasteiger partial charge in [-0.2, -0.15) is 0 Å². The molecule has 0 fully saturated rings. The van der Waals surface area contributed by atoms with Crippen molar-refractivity contribution in [2.24, 2.45) is 0 Å². The normalized spacial score (nSPS) is 16.1. The molecule has 0 aliphatic carbocycles. The fourth-order valence-electron chi connectivity index (χ4n) is 1.55. The van der Waals surface area contributed by atoms with Gasteiger partial charge in [0, 0.05) is 11.8 Å². The molecule has 0 bridgehead atoms. The van der Waals surface area contributed by atoms with Crippen molar-refractivity contribution in [2.75, 3.05) is 6.54 Å². The molecule has 1 rings (SSSR count). The summed E-state index contributed by atoms with van der Waals surface area (Å²) in [5, 5.41) is 1.42. The topological polar surface area (TPSA) is 46.2 Å². The Morgan fingerprint density at radius 1 is 1.22 bits per heavy atom. The number of benzene rings is 1. The number of hydrogen-bond acceptors (Lipinski definition) is 2. The Labute approximate surface area is 110 Å². The lowest BCUT2D eigenvalue weighted by atomic mass is 10.0. The van der Waals surface area contributed by atoms with Crippen molar-refractivity contribution in [3.05, 3.63) is 35.4 Å². The summed E-state index contributed by atoms with van der Waals surface area (Å²) in [7, 11) is -2.71. The highest BCUT2D eigenvalue weighted by Crippen LogP contribution is 2.15. The summed E-state index contributed by atoms with van der Waals surface area (Å²) in [4.78, 5) is 10.8. The van der Waals surface area contributed by atoms with Crippen LogP contribution in [0.4, 0.5) is 0 Å². The minimum Gasteiger partial charge on any atom is -0.241 e. The van der Waals surface area contributed by atoms with Crippen LogP contribution in [0, 0.1) is 6.92 Å². The summed E-state index contributed by atoms with van der Waals surface area (Å²) < 4.78 is 15.0. The van der Waals surface area contributed by atoms with Crippen LogP contribution >= 0.6 is 0 Å². The Kier molecular flexibility index (Phi) is 5.15. The maximum atomic E-state index is 12.1. The highest BCUT2D eigenvalue weighted by molar-refractivity contribution is 7.99. The van der Waals surface area contributed by atoms with E-state index in [-0.39, 0.29) is 11.2 Å². The predicted octanol–water partition coefficient (Wildman–Crippen LogP) is 2.36. The Hall–Kier alpha value is -1.09. The second-order valence-electron chi connectivity index (χ2n) is 4.89. The van der Waals surface area contributed by atoms with E-state index in [1.165, 1.54) is 11.1 Å². The average Bonchev–Trinajstić information content (AvgIpc) is 2.36. The molecule has 4 heteroatoms. The average molecular weight is 267 g/mol. The molecule has 2 atom stereocenters. The molecule has 0 saturated carbocycles. The smallest absolute Gasteiger partial charge is 0.201 e. The maximum absolute atomic E-state index is 12.1. The van der Waals surface area contributed by atoms with Gasteiger partial charge in [-0.15, -0.1) is 0 Å². The number of aryl methyl sites for hydroxylation is 1. The van der Waals surface area contributed by atoms with Gasteiger partial charge >= 0.3 is 0 Å². The predicted molar refractivity (Wildman–Crippen MR) is 76.6 cm³/mol. The fraction of sp³-hybridized carbons (Fsp3) is 0.500. The van der Waals surface area contributed by atoms with Gasteiger partial charge in [-0.3, -0.25) is 0 Å². The third-order valence-corrected chi connectivity index (χ3v) is 5.21. The van der Waals surface area contributed by atoms with Crippen molar-refractivity contribution in [3.63, 3.8) is 0 Å². The van der Waals surface area contributed by atoms with Crippen molar-refractivity contribution in [3.8, 4) is 0 Å². The summed E-state index contributed by atoms with van der Waals surface area (Å²) in [6, 6.07) is 8.22. The first-order valence-electron chi connectivity index (χ1n) is 6.12. The van der Waals surface area contributed by atoms with Crippen LogP contribution in [0.3, 0.4) is 0 Å². The molecule has 1 aromatic carbocycles. The minimum absolute atomic E-state index is 0.207. The number of carbonyl (C=O) groups excluding carboxylic acids is 1. The van der Waals surface area contributed by atoms with Crippen LogP contribution in [0.2, 0.25) is 0 Å². The number of rotatable bonds is 5. The van der Waals surface area contributed by atoms with Crippen LogP contribution in [-0.2, 0) is 14.5 Å². The van der Waals surface area contributed by atoms with Gasteiger partial charge in [0.05, 0.1) is 0 Å². The van der Waals surface area contributed by atoms with E-state index in [1.807, 2.05) is 13.8 Å². The van der Waals surface area contributed by atoms with Crippen molar-refractivity contribution < 1.29 is 9.00 Å². The second-order valence-corrected chi connectivity index (χ2v) is 7.49. The molecule has 0 heterocycles. The summed E-state index contributed by atoms with van der Waals surface area (Å²) >= 11 is 0. The number of nitrogens with one attached hydrogen (secondary N) is 1. The highest BCUT2D eigenvalue weighted by Gasteiger charge is 2.15. The van der Waals surface area contributed by atoms with E-state index < -0.39 is 9.71 Å². The van der Waals surface area contributed by atoms with E-state index in [2.05, 4.69) is 29.0 Å². The van der Waals surface area contributed by atoms with Gasteiger partial charge < -0.3 is 0 Å². The molecule has 18 heavy (non-hydrogen) atoms. The molecule has 0 spiro atoms. The van der Waals surface area contributed by atoms with E-state index >= 15 is 0 Å². The van der Waals surface area contributed by atoms with Crippen LogP contribution in [-0.4, -0.2) is 21.2 Å². The molecular formula is C14H21NO2S. The van der Waals surface area contributed by atoms with Crippen LogP contribution in [0.15, 0.2) is 24.3 Å². The van der Waals surface area contributed by atoms with Crippen molar-refractivity contribution in [1.29, 1.82) is 0 Å². The summed E-state index contributed by atoms with van der Waals surface area (Å²) in [6.07, 6.45) is 0. The van der Waals surface area contributed by atoms with Gasteiger partial charge in [0.2, 0.25) is 5.23 Å². The molecule has 0 aliphatic rings. The van der Waals surface area contributed by atoms with Crippen LogP contribution < -0.4 is 4.72 Å². The first kappa shape index (κ1) is 15.0. The quantitative estimate of drug-likeness (QED) is 0.832. The van der Waals surface area contributed by atoms with Crippen molar-refractivity contribution in [1.82, 2.24) is 4.72 Å². The molecule has 0 radical (unpaired) electrons. The molecule has 1 N–H and O–H groups in total. The first-order valence-corrected chi connectivity index (χ1v) is 7.74. The van der Waals surface area contributed by atoms with Crippen LogP contribution in [0.1, 0.15) is 37.8 Å². The van der Waals surface area contributed by atoms with E-state index in [0.29, 0.717) is 6.54 Å². The lowest BCUT2D eigenvalue weighted by Gasteiger charge is -2.17. The van der Waals surface area contributed by atoms with E-state index in [0.717, 1.165) is 0 Å². The third kappa shape index (κ3) is 3.70. The van der Waals surface area contributed by atoms with Gasteiger partial charge in [-0.25, -0.2) is 13.7 Å². The Morgan fingerprint density at radius 3 is 2.22 bits per heavy atom. The molecule has 0 saturated heterocycles. The minimum atomic E-state index is -2.71. The zero-order valence-corrected chi connectivity index (χ0v) is 12.2. The SMILES string of the molecule is Cc1ccc([C@@H](C)CNS(=O)(=C=O)C(C)C)cc1. The Bertz CT molecular complexity index is 521. The molecule has 0 aromatic heterocycles. The van der Waals surface area contributed by atoms with Gasteiger partial charge in [-0.05, 0) is 32.3 Å². The van der Waals surface area contributed by atoms with Gasteiger partial charge in [0.1, 0.15) is 9.71 Å². The zero-order chi connectivity index (χ0) is 13.8. The molecule has 100 valence electrons. The molecule has 3 nitrogen and oxygen atoms in total. The van der Waals surface area contributed by atoms with Crippen molar-refractivity contribution >= 4 is 14.9 Å². The highest BCUT2D eigenvalue weighted by atomic mass is 32.2. The van der Waals surface area contributed by atoms with Crippen LogP contribution in [0.5, 0.6) is 0 Å². The second kappa shape index (κ2) is 6.19. The summed E-state index contributed by atoms with van der Waals surface area (Å²) in [5.41, 5.74) is 2.38. The Morgan fingerprint density at radius 2 is 1.78 bits per heavy atom. The van der Waals surface area contributed by atoms with Gasteiger partial charge in [-0.1, -0.05) is 36.8 Å². The molecule has 0 aliphatic heterocycles. The fourth-order valence-corrected chi connectivity index (χ4v) is 2.64. The first-order chi connectivity index (χ1) is 8.39. The Balaban J connectivity index is 2.73. The van der Waals surface area contributed by atoms with Crippen molar-refractivity contribution in [2.45, 2.75) is 38.9 Å². The lowest BCUT2D eigenvalue weighted by Crippen LogP contribution is -2.33. The zero-order valence-electron chi connectivity index (χ0n) is 11.4. The maximum Gasteiger partial charge on any atom is 0.201 e. The summed E-state index contributed by atoms with van der Waals surface area (Å²) in [5.74, 6) is 0.207. The van der Waals surface area contributed by atoms with Crippen LogP contribution in [0.25, 0.3) is 0 Å². The lowest BCUT2D eigenvalue weighted by molar-refractivity contribution is 0.568. The largest absolute Gasteiger partial charge is 0.241 e. The molecule has 1 aromatic rings. The van der Waals surface area contributed by atoms with E-state index in [1.54, 1.807) is 19.1 Å².